The minimum atomic E-state index is -0.488. The van der Waals surface area contributed by atoms with Gasteiger partial charge in [-0.15, -0.1) is 0 Å². The second kappa shape index (κ2) is 8.23. The zero-order valence-corrected chi connectivity index (χ0v) is 15.6. The molecule has 1 heterocycles. The first-order valence-electron chi connectivity index (χ1n) is 8.91. The van der Waals surface area contributed by atoms with Gasteiger partial charge in [-0.1, -0.05) is 6.07 Å². The molecule has 0 aliphatic carbocycles. The molecule has 6 heteroatoms. The van der Waals surface area contributed by atoms with Crippen LogP contribution in [0.4, 0.5) is 10.5 Å². The number of ether oxygens (including phenoxy) is 1. The van der Waals surface area contributed by atoms with Gasteiger partial charge >= 0.3 is 6.09 Å². The zero-order chi connectivity index (χ0) is 18.4. The van der Waals surface area contributed by atoms with Crippen LogP contribution in [0.15, 0.2) is 24.3 Å². The van der Waals surface area contributed by atoms with Crippen molar-refractivity contribution in [2.45, 2.75) is 52.2 Å². The van der Waals surface area contributed by atoms with Crippen LogP contribution < -0.4 is 10.6 Å². The number of likely N-dealkylation sites (tertiary alicyclic amines) is 1. The summed E-state index contributed by atoms with van der Waals surface area (Å²) in [5.41, 5.74) is 1.03. The predicted octanol–water partition coefficient (Wildman–Crippen LogP) is 3.25. The highest BCUT2D eigenvalue weighted by molar-refractivity contribution is 5.95. The number of nitrogens with one attached hydrogen (secondary N) is 2. The van der Waals surface area contributed by atoms with E-state index in [1.807, 2.05) is 45.9 Å². The second-order valence-corrected chi connectivity index (χ2v) is 7.35. The molecule has 1 aromatic rings. The number of hydrogen-bond acceptors (Lipinski definition) is 4. The molecule has 2 amide bonds. The third kappa shape index (κ3) is 5.96. The van der Waals surface area contributed by atoms with Crippen LogP contribution in [0.1, 0.15) is 50.9 Å². The molecule has 1 fully saturated rings. The lowest BCUT2D eigenvalue weighted by Crippen LogP contribution is -2.47. The summed E-state index contributed by atoms with van der Waals surface area (Å²) in [5, 5.41) is 6.24. The lowest BCUT2D eigenvalue weighted by atomic mass is 10.1. The van der Waals surface area contributed by atoms with Crippen molar-refractivity contribution >= 4 is 17.7 Å². The van der Waals surface area contributed by atoms with Crippen LogP contribution in [0.5, 0.6) is 0 Å². The van der Waals surface area contributed by atoms with Crippen LogP contribution >= 0.6 is 0 Å². The fourth-order valence-corrected chi connectivity index (χ4v) is 2.84. The van der Waals surface area contributed by atoms with Crippen LogP contribution in [0, 0.1) is 0 Å². The van der Waals surface area contributed by atoms with Crippen LogP contribution in [-0.2, 0) is 4.74 Å². The van der Waals surface area contributed by atoms with Crippen molar-refractivity contribution in [2.24, 2.45) is 0 Å². The van der Waals surface area contributed by atoms with Crippen LogP contribution in [0.2, 0.25) is 0 Å². The summed E-state index contributed by atoms with van der Waals surface area (Å²) in [5.74, 6) is -0.0785. The lowest BCUT2D eigenvalue weighted by molar-refractivity contribution is 0.0206. The summed E-state index contributed by atoms with van der Waals surface area (Å²) in [6, 6.07) is 7.59. The van der Waals surface area contributed by atoms with E-state index in [0.717, 1.165) is 18.5 Å². The van der Waals surface area contributed by atoms with Crippen LogP contribution in [0.3, 0.4) is 0 Å². The Kier molecular flexibility index (Phi) is 6.28. The molecule has 0 saturated carbocycles. The van der Waals surface area contributed by atoms with Gasteiger partial charge < -0.3 is 20.3 Å². The number of amides is 2. The smallest absolute Gasteiger partial charge is 0.410 e. The highest BCUT2D eigenvalue weighted by Gasteiger charge is 2.27. The Balaban J connectivity index is 1.97. The van der Waals surface area contributed by atoms with Gasteiger partial charge in [0, 0.05) is 36.9 Å². The monoisotopic (exact) mass is 347 g/mol. The minimum absolute atomic E-state index is 0.0785. The maximum atomic E-state index is 12.3. The highest BCUT2D eigenvalue weighted by atomic mass is 16.6. The molecule has 2 rings (SSSR count). The van der Waals surface area contributed by atoms with E-state index in [1.165, 1.54) is 0 Å². The highest BCUT2D eigenvalue weighted by Crippen LogP contribution is 2.19. The van der Waals surface area contributed by atoms with Crippen molar-refractivity contribution in [3.63, 3.8) is 0 Å². The molecule has 0 bridgehead atoms. The molecule has 0 aromatic heterocycles. The Morgan fingerprint density at radius 1 is 1.32 bits per heavy atom. The summed E-state index contributed by atoms with van der Waals surface area (Å²) >= 11 is 0. The van der Waals surface area contributed by atoms with Gasteiger partial charge in [0.05, 0.1) is 0 Å². The Morgan fingerprint density at radius 2 is 2.08 bits per heavy atom. The number of carbonyl (C=O) groups is 2. The Morgan fingerprint density at radius 3 is 2.76 bits per heavy atom. The van der Waals surface area contributed by atoms with Gasteiger partial charge in [0.15, 0.2) is 0 Å². The maximum absolute atomic E-state index is 12.3. The number of benzene rings is 1. The maximum Gasteiger partial charge on any atom is 0.410 e. The van der Waals surface area contributed by atoms with Gasteiger partial charge in [-0.05, 0) is 58.7 Å². The summed E-state index contributed by atoms with van der Waals surface area (Å²) in [4.78, 5) is 26.0. The Hall–Kier alpha value is -2.24. The number of rotatable bonds is 4. The Bertz CT molecular complexity index is 610. The fourth-order valence-electron chi connectivity index (χ4n) is 2.84. The number of piperidine rings is 1. The summed E-state index contributed by atoms with van der Waals surface area (Å²) in [6.45, 7) is 9.43. The Labute approximate surface area is 149 Å². The molecule has 0 spiro atoms. The fraction of sp³-hybridized carbons (Fsp3) is 0.579. The van der Waals surface area contributed by atoms with E-state index in [2.05, 4.69) is 10.6 Å². The number of hydrogen-bond donors (Lipinski definition) is 2. The summed E-state index contributed by atoms with van der Waals surface area (Å²) in [6.07, 6.45) is 1.63. The molecule has 1 aromatic carbocycles. The molecule has 1 unspecified atom stereocenters. The van der Waals surface area contributed by atoms with Crippen molar-refractivity contribution in [2.75, 3.05) is 25.0 Å². The van der Waals surface area contributed by atoms with Crippen LogP contribution in [0.25, 0.3) is 0 Å². The molecule has 0 radical (unpaired) electrons. The van der Waals surface area contributed by atoms with E-state index in [4.69, 9.17) is 4.74 Å². The first-order valence-corrected chi connectivity index (χ1v) is 8.91. The van der Waals surface area contributed by atoms with Gasteiger partial charge in [0.1, 0.15) is 5.60 Å². The third-order valence-corrected chi connectivity index (χ3v) is 3.91. The number of anilines is 1. The average molecular weight is 347 g/mol. The second-order valence-electron chi connectivity index (χ2n) is 7.35. The van der Waals surface area contributed by atoms with E-state index >= 15 is 0 Å². The molecule has 138 valence electrons. The van der Waals surface area contributed by atoms with E-state index in [-0.39, 0.29) is 18.0 Å². The molecular formula is C19H29N3O3. The normalized spacial score (nSPS) is 17.8. The molecule has 1 aliphatic heterocycles. The molecule has 1 saturated heterocycles. The first kappa shape index (κ1) is 19.1. The molecule has 25 heavy (non-hydrogen) atoms. The molecule has 6 nitrogen and oxygen atoms in total. The van der Waals surface area contributed by atoms with Crippen LogP contribution in [-0.4, -0.2) is 48.2 Å². The van der Waals surface area contributed by atoms with Gasteiger partial charge in [-0.3, -0.25) is 4.79 Å². The van der Waals surface area contributed by atoms with E-state index < -0.39 is 5.60 Å². The lowest BCUT2D eigenvalue weighted by Gasteiger charge is -2.34. The van der Waals surface area contributed by atoms with Crippen molar-refractivity contribution in [1.29, 1.82) is 0 Å². The molecular weight excluding hydrogens is 318 g/mol. The number of nitrogens with zero attached hydrogens (tertiary/aromatic N) is 1. The summed E-state index contributed by atoms with van der Waals surface area (Å²) < 4.78 is 5.46. The number of carbonyl (C=O) groups excluding carboxylic acids is 2. The van der Waals surface area contributed by atoms with Gasteiger partial charge in [-0.2, -0.15) is 0 Å². The molecule has 1 aliphatic rings. The summed E-state index contributed by atoms with van der Waals surface area (Å²) in [7, 11) is 0. The third-order valence-electron chi connectivity index (χ3n) is 3.91. The predicted molar refractivity (Wildman–Crippen MR) is 98.9 cm³/mol. The van der Waals surface area contributed by atoms with Crippen molar-refractivity contribution in [3.05, 3.63) is 29.8 Å². The quantitative estimate of drug-likeness (QED) is 0.877. The molecule has 1 atom stereocenters. The first-order chi connectivity index (χ1) is 11.8. The van der Waals surface area contributed by atoms with Crippen molar-refractivity contribution in [3.8, 4) is 0 Å². The zero-order valence-electron chi connectivity index (χ0n) is 15.6. The van der Waals surface area contributed by atoms with Crippen molar-refractivity contribution < 1.29 is 14.3 Å². The van der Waals surface area contributed by atoms with Crippen molar-refractivity contribution in [1.82, 2.24) is 10.2 Å². The standard InChI is InChI=1S/C19H29N3O3/c1-5-20-17(23)14-8-6-9-15(12-14)21-16-10-7-11-22(13-16)18(24)25-19(2,3)4/h6,8-9,12,16,21H,5,7,10-11,13H2,1-4H3,(H,20,23). The van der Waals surface area contributed by atoms with E-state index in [0.29, 0.717) is 25.2 Å². The van der Waals surface area contributed by atoms with Gasteiger partial charge in [0.2, 0.25) is 0 Å². The topological polar surface area (TPSA) is 70.7 Å². The SMILES string of the molecule is CCNC(=O)c1cccc(NC2CCCN(C(=O)OC(C)(C)C)C2)c1. The largest absolute Gasteiger partial charge is 0.444 e. The molecule has 2 N–H and O–H groups in total. The van der Waals surface area contributed by atoms with Gasteiger partial charge in [0.25, 0.3) is 5.91 Å². The van der Waals surface area contributed by atoms with Gasteiger partial charge in [-0.25, -0.2) is 4.79 Å². The van der Waals surface area contributed by atoms with E-state index in [9.17, 15) is 9.59 Å². The average Bonchev–Trinajstić information content (AvgIpc) is 2.54. The van der Waals surface area contributed by atoms with E-state index in [1.54, 1.807) is 11.0 Å². The minimum Gasteiger partial charge on any atom is -0.444 e.